The Kier molecular flexibility index (Phi) is 10.3. The monoisotopic (exact) mass is 479 g/mol. The summed E-state index contributed by atoms with van der Waals surface area (Å²) in [5.74, 6) is -1.38. The number of rotatable bonds is 10. The average molecular weight is 480 g/mol. The number of hydrogen-bond acceptors (Lipinski definition) is 7. The summed E-state index contributed by atoms with van der Waals surface area (Å²) < 4.78 is 16.3. The van der Waals surface area contributed by atoms with E-state index in [1.54, 1.807) is 39.0 Å². The van der Waals surface area contributed by atoms with E-state index in [9.17, 15) is 14.4 Å². The highest BCUT2D eigenvalue weighted by molar-refractivity contribution is 6.76. The van der Waals surface area contributed by atoms with E-state index in [-0.39, 0.29) is 13.0 Å². The Morgan fingerprint density at radius 3 is 2.12 bits per heavy atom. The number of esters is 3. The van der Waals surface area contributed by atoms with Gasteiger partial charge in [-0.15, -0.1) is 0 Å². The zero-order valence-electron chi connectivity index (χ0n) is 21.7. The molecule has 1 N–H and O–H groups in total. The van der Waals surface area contributed by atoms with Crippen LogP contribution in [0.1, 0.15) is 63.9 Å². The lowest BCUT2D eigenvalue weighted by Gasteiger charge is -2.23. The van der Waals surface area contributed by atoms with Crippen LogP contribution in [0.4, 0.5) is 0 Å². The maximum absolute atomic E-state index is 12.7. The number of hydrogen-bond donors (Lipinski definition) is 1. The molecule has 0 aliphatic rings. The third-order valence-corrected chi connectivity index (χ3v) is 5.99. The van der Waals surface area contributed by atoms with Crippen LogP contribution in [0.25, 0.3) is 0 Å². The molecule has 33 heavy (non-hydrogen) atoms. The molecule has 0 spiro atoms. The quantitative estimate of drug-likeness (QED) is 0.295. The maximum Gasteiger partial charge on any atom is 0.338 e. The molecule has 1 atom stereocenters. The van der Waals surface area contributed by atoms with E-state index in [2.05, 4.69) is 25.0 Å². The second-order valence-electron chi connectivity index (χ2n) is 11.4. The summed E-state index contributed by atoms with van der Waals surface area (Å²) in [6.45, 7) is 18.0. The van der Waals surface area contributed by atoms with Crippen LogP contribution in [-0.4, -0.2) is 49.8 Å². The lowest BCUT2D eigenvalue weighted by molar-refractivity contribution is -0.159. The van der Waals surface area contributed by atoms with E-state index in [0.717, 1.165) is 11.6 Å². The first-order chi connectivity index (χ1) is 15.0. The van der Waals surface area contributed by atoms with Gasteiger partial charge in [0.25, 0.3) is 0 Å². The molecule has 0 heterocycles. The number of carbonyl (C=O) groups excluding carboxylic acids is 3. The van der Waals surface area contributed by atoms with Gasteiger partial charge in [0, 0.05) is 14.6 Å². The van der Waals surface area contributed by atoms with Crippen molar-refractivity contribution in [3.05, 3.63) is 35.4 Å². The summed E-state index contributed by atoms with van der Waals surface area (Å²) in [5.41, 5.74) is -0.0395. The fraction of sp³-hybridized carbons (Fsp3) is 0.640. The molecule has 0 fully saturated rings. The molecule has 0 aliphatic heterocycles. The summed E-state index contributed by atoms with van der Waals surface area (Å²) in [6, 6.07) is 6.97. The predicted molar refractivity (Wildman–Crippen MR) is 132 cm³/mol. The van der Waals surface area contributed by atoms with Gasteiger partial charge in [0.05, 0.1) is 18.6 Å². The standard InChI is InChI=1S/C25H41NO6Si/c1-24(2,3)31-21(27)16-20(23(29)30-13-14-33(7,8)9)26-17-18-11-10-12-19(15-18)22(28)32-25(4,5)6/h10-12,15,20,26H,13-14,16-17H2,1-9H3/t20-/m0/s1. The zero-order valence-corrected chi connectivity index (χ0v) is 22.7. The number of benzene rings is 1. The van der Waals surface area contributed by atoms with E-state index < -0.39 is 43.2 Å². The first-order valence-electron chi connectivity index (χ1n) is 11.4. The molecule has 1 aromatic rings. The second kappa shape index (κ2) is 11.8. The van der Waals surface area contributed by atoms with Crippen molar-refractivity contribution in [1.82, 2.24) is 5.32 Å². The lowest BCUT2D eigenvalue weighted by Crippen LogP contribution is -2.41. The number of nitrogens with one attached hydrogen (secondary N) is 1. The minimum absolute atomic E-state index is 0.144. The Labute approximate surface area is 199 Å². The van der Waals surface area contributed by atoms with Gasteiger partial charge in [-0.1, -0.05) is 31.8 Å². The normalized spacial score (nSPS) is 13.2. The molecule has 0 bridgehead atoms. The molecular formula is C25H41NO6Si. The molecule has 0 aromatic heterocycles. The first-order valence-corrected chi connectivity index (χ1v) is 15.1. The fourth-order valence-corrected chi connectivity index (χ4v) is 3.45. The molecule has 0 radical (unpaired) electrons. The molecular weight excluding hydrogens is 438 g/mol. The van der Waals surface area contributed by atoms with Crippen LogP contribution in [-0.2, 0) is 30.3 Å². The van der Waals surface area contributed by atoms with Gasteiger partial charge in [-0.3, -0.25) is 14.9 Å². The summed E-state index contributed by atoms with van der Waals surface area (Å²) in [5, 5.41) is 3.10. The van der Waals surface area contributed by atoms with Crippen LogP contribution in [0, 0.1) is 0 Å². The summed E-state index contributed by atoms with van der Waals surface area (Å²) in [7, 11) is -1.36. The molecule has 186 valence electrons. The van der Waals surface area contributed by atoms with Crippen LogP contribution in [0.3, 0.4) is 0 Å². The minimum atomic E-state index is -1.36. The van der Waals surface area contributed by atoms with E-state index >= 15 is 0 Å². The van der Waals surface area contributed by atoms with Gasteiger partial charge in [0.2, 0.25) is 0 Å². The Morgan fingerprint density at radius 1 is 0.970 bits per heavy atom. The zero-order chi connectivity index (χ0) is 25.4. The molecule has 0 saturated heterocycles. The Bertz CT molecular complexity index is 817. The van der Waals surface area contributed by atoms with E-state index in [0.29, 0.717) is 12.2 Å². The lowest BCUT2D eigenvalue weighted by atomic mass is 10.1. The Balaban J connectivity index is 2.88. The van der Waals surface area contributed by atoms with E-state index in [1.165, 1.54) is 0 Å². The third-order valence-electron chi connectivity index (χ3n) is 4.29. The Hall–Kier alpha value is -2.19. The smallest absolute Gasteiger partial charge is 0.338 e. The van der Waals surface area contributed by atoms with Gasteiger partial charge in [-0.25, -0.2) is 4.79 Å². The van der Waals surface area contributed by atoms with Crippen LogP contribution in [0.2, 0.25) is 25.7 Å². The minimum Gasteiger partial charge on any atom is -0.465 e. The highest BCUT2D eigenvalue weighted by atomic mass is 28.3. The molecule has 0 unspecified atom stereocenters. The van der Waals surface area contributed by atoms with Gasteiger partial charge < -0.3 is 14.2 Å². The predicted octanol–water partition coefficient (Wildman–Crippen LogP) is 4.71. The highest BCUT2D eigenvalue weighted by Gasteiger charge is 2.27. The van der Waals surface area contributed by atoms with Gasteiger partial charge >= 0.3 is 17.9 Å². The average Bonchev–Trinajstić information content (AvgIpc) is 2.61. The topological polar surface area (TPSA) is 90.9 Å². The van der Waals surface area contributed by atoms with Gasteiger partial charge in [-0.05, 0) is 65.3 Å². The maximum atomic E-state index is 12.7. The number of ether oxygens (including phenoxy) is 3. The van der Waals surface area contributed by atoms with Gasteiger partial charge in [0.1, 0.15) is 17.2 Å². The third kappa shape index (κ3) is 13.2. The van der Waals surface area contributed by atoms with Crippen LogP contribution in [0.5, 0.6) is 0 Å². The second-order valence-corrected chi connectivity index (χ2v) is 17.0. The molecule has 8 heteroatoms. The molecule has 0 amide bonds. The molecule has 0 saturated carbocycles. The summed E-state index contributed by atoms with van der Waals surface area (Å²) in [6.07, 6.45) is -0.144. The van der Waals surface area contributed by atoms with Crippen molar-refractivity contribution >= 4 is 26.0 Å². The van der Waals surface area contributed by atoms with Crippen LogP contribution in [0.15, 0.2) is 24.3 Å². The SMILES string of the molecule is CC(C)(C)OC(=O)C[C@H](NCc1cccc(C(=O)OC(C)(C)C)c1)C(=O)OCC[Si](C)(C)C. The van der Waals surface area contributed by atoms with Crippen molar-refractivity contribution in [2.24, 2.45) is 0 Å². The first kappa shape index (κ1) is 28.8. The highest BCUT2D eigenvalue weighted by Crippen LogP contribution is 2.15. The Morgan fingerprint density at radius 2 is 1.58 bits per heavy atom. The van der Waals surface area contributed by atoms with Gasteiger partial charge in [-0.2, -0.15) is 0 Å². The van der Waals surface area contributed by atoms with Crippen molar-refractivity contribution in [1.29, 1.82) is 0 Å². The van der Waals surface area contributed by atoms with Crippen molar-refractivity contribution in [3.8, 4) is 0 Å². The molecule has 1 aromatic carbocycles. The van der Waals surface area contributed by atoms with Crippen molar-refractivity contribution in [2.75, 3.05) is 6.61 Å². The van der Waals surface area contributed by atoms with Crippen molar-refractivity contribution in [3.63, 3.8) is 0 Å². The van der Waals surface area contributed by atoms with Crippen molar-refractivity contribution in [2.45, 2.75) is 97.4 Å². The summed E-state index contributed by atoms with van der Waals surface area (Å²) >= 11 is 0. The van der Waals surface area contributed by atoms with Crippen LogP contribution >= 0.6 is 0 Å². The van der Waals surface area contributed by atoms with Gasteiger partial charge in [0.15, 0.2) is 0 Å². The van der Waals surface area contributed by atoms with Crippen molar-refractivity contribution < 1.29 is 28.6 Å². The van der Waals surface area contributed by atoms with Crippen LogP contribution < -0.4 is 5.32 Å². The largest absolute Gasteiger partial charge is 0.465 e. The molecule has 0 aliphatic carbocycles. The van der Waals surface area contributed by atoms with E-state index in [1.807, 2.05) is 26.8 Å². The number of carbonyl (C=O) groups is 3. The molecule has 7 nitrogen and oxygen atoms in total. The van der Waals surface area contributed by atoms with E-state index in [4.69, 9.17) is 14.2 Å². The summed E-state index contributed by atoms with van der Waals surface area (Å²) in [4.78, 5) is 37.5. The fourth-order valence-electron chi connectivity index (χ4n) is 2.73. The molecule has 1 rings (SSSR count).